The van der Waals surface area contributed by atoms with Crippen molar-refractivity contribution in [2.45, 2.75) is 33.4 Å². The van der Waals surface area contributed by atoms with Crippen LogP contribution in [0.1, 0.15) is 26.8 Å². The molecule has 0 amide bonds. The van der Waals surface area contributed by atoms with Gasteiger partial charge < -0.3 is 19.0 Å². The van der Waals surface area contributed by atoms with Crippen molar-refractivity contribution in [1.82, 2.24) is 14.1 Å². The van der Waals surface area contributed by atoms with E-state index < -0.39 is 6.16 Å². The Kier molecular flexibility index (Phi) is 4.43. The summed E-state index contributed by atoms with van der Waals surface area (Å²) in [5.74, 6) is 1.12. The number of nitrogens with zero attached hydrogens (tertiary/aromatic N) is 3. The van der Waals surface area contributed by atoms with Crippen LogP contribution in [-0.2, 0) is 6.54 Å². The van der Waals surface area contributed by atoms with Crippen molar-refractivity contribution in [1.29, 1.82) is 0 Å². The molecule has 2 heterocycles. The number of ether oxygens (including phenoxy) is 1. The van der Waals surface area contributed by atoms with E-state index in [9.17, 15) is 4.79 Å². The van der Waals surface area contributed by atoms with E-state index in [1.54, 1.807) is 12.1 Å². The highest BCUT2D eigenvalue weighted by atomic mass is 16.7. The SMILES string of the molecule is CCn1c2ccccc2c2cc(-c3nc4cc(OC(=O)O)ccc4n3C(C)C)ccc21. The predicted molar refractivity (Wildman–Crippen MR) is 123 cm³/mol. The fourth-order valence-corrected chi connectivity index (χ4v) is 4.50. The quantitative estimate of drug-likeness (QED) is 0.271. The summed E-state index contributed by atoms with van der Waals surface area (Å²) in [5, 5.41) is 11.4. The fourth-order valence-electron chi connectivity index (χ4n) is 4.50. The van der Waals surface area contributed by atoms with Gasteiger partial charge in [0.1, 0.15) is 11.6 Å². The topological polar surface area (TPSA) is 69.3 Å². The van der Waals surface area contributed by atoms with Gasteiger partial charge in [0.05, 0.1) is 11.0 Å². The zero-order valence-electron chi connectivity index (χ0n) is 17.7. The van der Waals surface area contributed by atoms with Crippen LogP contribution in [0.3, 0.4) is 0 Å². The summed E-state index contributed by atoms with van der Waals surface area (Å²) in [6.45, 7) is 7.30. The Balaban J connectivity index is 1.75. The molecule has 0 aliphatic rings. The maximum Gasteiger partial charge on any atom is 0.511 e. The van der Waals surface area contributed by atoms with Crippen molar-refractivity contribution in [3.05, 3.63) is 60.7 Å². The molecule has 0 atom stereocenters. The van der Waals surface area contributed by atoms with Gasteiger partial charge in [0.25, 0.3) is 0 Å². The van der Waals surface area contributed by atoms with Crippen molar-refractivity contribution in [3.8, 4) is 17.1 Å². The minimum Gasteiger partial charge on any atom is -0.449 e. The smallest absolute Gasteiger partial charge is 0.449 e. The molecule has 0 spiro atoms. The Morgan fingerprint density at radius 1 is 1.00 bits per heavy atom. The molecule has 0 radical (unpaired) electrons. The highest BCUT2D eigenvalue weighted by Gasteiger charge is 2.18. The molecule has 3 aromatic carbocycles. The molecule has 0 saturated carbocycles. The number of fused-ring (bicyclic) bond motifs is 4. The van der Waals surface area contributed by atoms with E-state index in [2.05, 4.69) is 72.4 Å². The average Bonchev–Trinajstić information content (AvgIpc) is 3.28. The lowest BCUT2D eigenvalue weighted by Crippen LogP contribution is -2.04. The summed E-state index contributed by atoms with van der Waals surface area (Å²) in [7, 11) is 0. The second kappa shape index (κ2) is 7.16. The maximum atomic E-state index is 10.9. The van der Waals surface area contributed by atoms with Crippen molar-refractivity contribution in [2.24, 2.45) is 0 Å². The van der Waals surface area contributed by atoms with Gasteiger partial charge in [-0.05, 0) is 57.2 Å². The van der Waals surface area contributed by atoms with Crippen LogP contribution in [0.5, 0.6) is 5.75 Å². The Morgan fingerprint density at radius 3 is 2.48 bits per heavy atom. The van der Waals surface area contributed by atoms with Crippen molar-refractivity contribution < 1.29 is 14.6 Å². The number of hydrogen-bond acceptors (Lipinski definition) is 3. The lowest BCUT2D eigenvalue weighted by Gasteiger charge is -2.13. The monoisotopic (exact) mass is 413 g/mol. The minimum absolute atomic E-state index is 0.180. The number of aryl methyl sites for hydroxylation is 1. The van der Waals surface area contributed by atoms with Crippen LogP contribution in [0.4, 0.5) is 4.79 Å². The van der Waals surface area contributed by atoms with E-state index in [-0.39, 0.29) is 11.8 Å². The van der Waals surface area contributed by atoms with E-state index in [1.807, 2.05) is 6.07 Å². The van der Waals surface area contributed by atoms with Gasteiger partial charge in [0, 0.05) is 46.0 Å². The third-order valence-corrected chi connectivity index (χ3v) is 5.73. The van der Waals surface area contributed by atoms with Gasteiger partial charge in [-0.15, -0.1) is 0 Å². The summed E-state index contributed by atoms with van der Waals surface area (Å²) >= 11 is 0. The number of hydrogen-bond donors (Lipinski definition) is 1. The van der Waals surface area contributed by atoms with E-state index in [4.69, 9.17) is 14.8 Å². The Labute approximate surface area is 179 Å². The van der Waals surface area contributed by atoms with Gasteiger partial charge in [0.15, 0.2) is 0 Å². The number of aromatic nitrogens is 3. The molecular formula is C25H23N3O3. The van der Waals surface area contributed by atoms with Crippen molar-refractivity contribution in [3.63, 3.8) is 0 Å². The molecule has 6 nitrogen and oxygen atoms in total. The third-order valence-electron chi connectivity index (χ3n) is 5.73. The highest BCUT2D eigenvalue weighted by Crippen LogP contribution is 2.35. The van der Waals surface area contributed by atoms with Crippen LogP contribution in [0.15, 0.2) is 60.7 Å². The molecule has 6 heteroatoms. The lowest BCUT2D eigenvalue weighted by molar-refractivity contribution is 0.144. The van der Waals surface area contributed by atoms with Crippen LogP contribution in [0, 0.1) is 0 Å². The van der Waals surface area contributed by atoms with Gasteiger partial charge >= 0.3 is 6.16 Å². The number of carbonyl (C=O) groups is 1. The molecule has 0 bridgehead atoms. The summed E-state index contributed by atoms with van der Waals surface area (Å²) in [5.41, 5.74) is 5.11. The van der Waals surface area contributed by atoms with Gasteiger partial charge in [-0.25, -0.2) is 9.78 Å². The summed E-state index contributed by atoms with van der Waals surface area (Å²) < 4.78 is 9.33. The number of imidazole rings is 1. The summed E-state index contributed by atoms with van der Waals surface area (Å²) in [6.07, 6.45) is -1.33. The molecule has 31 heavy (non-hydrogen) atoms. The molecule has 0 aliphatic heterocycles. The number of carboxylic acid groups (broad SMARTS) is 1. The first-order valence-electron chi connectivity index (χ1n) is 10.4. The number of benzene rings is 3. The van der Waals surface area contributed by atoms with E-state index >= 15 is 0 Å². The fraction of sp³-hybridized carbons (Fsp3) is 0.200. The molecule has 0 aliphatic carbocycles. The third kappa shape index (κ3) is 3.03. The number of para-hydroxylation sites is 1. The first-order chi connectivity index (χ1) is 15.0. The predicted octanol–water partition coefficient (Wildman–Crippen LogP) is 6.47. The molecule has 5 aromatic rings. The molecule has 0 fully saturated rings. The standard InChI is InChI=1S/C25H23N3O3/c1-4-27-21-8-6-5-7-18(21)19-13-16(9-11-22(19)27)24-26-20-14-17(31-25(29)30)10-12-23(20)28(24)15(2)3/h5-15H,4H2,1-3H3,(H,29,30). The van der Waals surface area contributed by atoms with Crippen LogP contribution in [-0.4, -0.2) is 25.4 Å². The highest BCUT2D eigenvalue weighted by molar-refractivity contribution is 6.09. The van der Waals surface area contributed by atoms with Gasteiger partial charge in [0.2, 0.25) is 0 Å². The van der Waals surface area contributed by atoms with E-state index in [1.165, 1.54) is 21.8 Å². The minimum atomic E-state index is -1.33. The zero-order valence-corrected chi connectivity index (χ0v) is 17.7. The van der Waals surface area contributed by atoms with Gasteiger partial charge in [-0.2, -0.15) is 0 Å². The molecule has 1 N–H and O–H groups in total. The molecule has 0 unspecified atom stereocenters. The second-order valence-electron chi connectivity index (χ2n) is 7.91. The van der Waals surface area contributed by atoms with Crippen LogP contribution in [0.2, 0.25) is 0 Å². The van der Waals surface area contributed by atoms with Crippen LogP contribution >= 0.6 is 0 Å². The van der Waals surface area contributed by atoms with Gasteiger partial charge in [-0.1, -0.05) is 18.2 Å². The molecule has 2 aromatic heterocycles. The van der Waals surface area contributed by atoms with Crippen molar-refractivity contribution >= 4 is 39.0 Å². The second-order valence-corrected chi connectivity index (χ2v) is 7.91. The van der Waals surface area contributed by atoms with Gasteiger partial charge in [-0.3, -0.25) is 0 Å². The first kappa shape index (κ1) is 19.2. The molecular weight excluding hydrogens is 390 g/mol. The Hall–Kier alpha value is -3.80. The Bertz CT molecular complexity index is 1460. The summed E-state index contributed by atoms with van der Waals surface area (Å²) in [4.78, 5) is 15.8. The van der Waals surface area contributed by atoms with E-state index in [0.717, 1.165) is 23.4 Å². The Morgan fingerprint density at radius 2 is 1.74 bits per heavy atom. The van der Waals surface area contributed by atoms with Crippen molar-refractivity contribution in [2.75, 3.05) is 0 Å². The summed E-state index contributed by atoms with van der Waals surface area (Å²) in [6, 6.07) is 20.3. The zero-order chi connectivity index (χ0) is 21.7. The van der Waals surface area contributed by atoms with Crippen LogP contribution in [0.25, 0.3) is 44.2 Å². The molecule has 0 saturated heterocycles. The lowest BCUT2D eigenvalue weighted by atomic mass is 10.1. The maximum absolute atomic E-state index is 10.9. The molecule has 5 rings (SSSR count). The first-order valence-corrected chi connectivity index (χ1v) is 10.4. The normalized spacial score (nSPS) is 11.7. The number of rotatable bonds is 4. The molecule has 156 valence electrons. The van der Waals surface area contributed by atoms with Crippen LogP contribution < -0.4 is 4.74 Å². The average molecular weight is 413 g/mol. The van der Waals surface area contributed by atoms with E-state index in [0.29, 0.717) is 5.52 Å². The largest absolute Gasteiger partial charge is 0.511 e.